The van der Waals surface area contributed by atoms with Gasteiger partial charge in [0.05, 0.1) is 0 Å². The third kappa shape index (κ3) is 53.5. The van der Waals surface area contributed by atoms with Crippen LogP contribution in [0.25, 0.3) is 0 Å². The normalized spacial score (nSPS) is 10.3. The molecule has 0 saturated heterocycles. The van der Waals surface area contributed by atoms with Gasteiger partial charge in [0.25, 0.3) is 0 Å². The van der Waals surface area contributed by atoms with E-state index in [1.165, 1.54) is 167 Å². The Labute approximate surface area is 313 Å². The molecule has 0 aliphatic carbocycles. The molecule has 42 heavy (non-hydrogen) atoms. The number of carboxylic acid groups (broad SMARTS) is 2. The summed E-state index contributed by atoms with van der Waals surface area (Å²) in [6.45, 7) is 4.54. The number of carboxylic acids is 2. The zero-order chi connectivity index (χ0) is 29.8. The van der Waals surface area contributed by atoms with Crippen LogP contribution in [0.4, 0.5) is 0 Å². The fourth-order valence-corrected chi connectivity index (χ4v) is 5.30. The molecule has 6 heteroatoms. The number of halogens is 1. The van der Waals surface area contributed by atoms with Crippen LogP contribution in [0.15, 0.2) is 0 Å². The summed E-state index contributed by atoms with van der Waals surface area (Å²) >= 11 is 0. The average molecular weight is 739 g/mol. The molecule has 0 amide bonds. The molecule has 0 unspecified atom stereocenters. The van der Waals surface area contributed by atoms with E-state index in [1.54, 1.807) is 0 Å². The summed E-state index contributed by atoms with van der Waals surface area (Å²) < 4.78 is 0. The first-order valence-corrected chi connectivity index (χ1v) is 18.0. The zero-order valence-corrected chi connectivity index (χ0v) is 33.0. The maximum atomic E-state index is 10.3. The Kier molecular flexibility index (Phi) is 55.0. The van der Waals surface area contributed by atoms with Crippen molar-refractivity contribution in [1.29, 1.82) is 0 Å². The molecule has 0 radical (unpaired) electrons. The van der Waals surface area contributed by atoms with Gasteiger partial charge in [-0.1, -0.05) is 194 Å². The Hall–Kier alpha value is 0.930. The van der Waals surface area contributed by atoms with Gasteiger partial charge in [0, 0.05) is 12.8 Å². The Morgan fingerprint density at radius 2 is 0.500 bits per heavy atom. The second-order valence-corrected chi connectivity index (χ2v) is 12.2. The Balaban J connectivity index is -0.000000150. The van der Waals surface area contributed by atoms with Crippen molar-refractivity contribution < 1.29 is 22.7 Å². The number of hydrogen-bond donors (Lipinski definition) is 2. The molecule has 4 nitrogen and oxygen atoms in total. The van der Waals surface area contributed by atoms with Gasteiger partial charge in [0.2, 0.25) is 0 Å². The van der Waals surface area contributed by atoms with E-state index in [2.05, 4.69) is 13.8 Å². The fraction of sp³-hybridized carbons (Fsp3) is 0.944. The van der Waals surface area contributed by atoms with Crippen LogP contribution in [-0.4, -0.2) is 59.9 Å². The second-order valence-electron chi connectivity index (χ2n) is 12.2. The number of hydrogen-bond acceptors (Lipinski definition) is 2. The quantitative estimate of drug-likeness (QED) is 0.0409. The maximum Gasteiger partial charge on any atom is 2.00 e. The Morgan fingerprint density at radius 1 is 0.357 bits per heavy atom. The van der Waals surface area contributed by atoms with Crippen LogP contribution < -0.4 is 0 Å². The number of aliphatic carboxylic acids is 2. The van der Waals surface area contributed by atoms with Crippen molar-refractivity contribution in [2.24, 2.45) is 0 Å². The molecular weight excluding hydrogens is 663 g/mol. The van der Waals surface area contributed by atoms with Gasteiger partial charge in [-0.05, 0) is 12.8 Å². The van der Waals surface area contributed by atoms with E-state index in [0.717, 1.165) is 25.7 Å². The van der Waals surface area contributed by atoms with Gasteiger partial charge in [-0.2, -0.15) is 0 Å². The molecule has 0 fully saturated rings. The molecule has 0 aromatic carbocycles. The minimum atomic E-state index is -0.653. The van der Waals surface area contributed by atoms with Gasteiger partial charge >= 0.3 is 49.7 Å². The molecule has 0 aliphatic rings. The number of unbranched alkanes of at least 4 members (excludes halogenated alkanes) is 28. The van der Waals surface area contributed by atoms with Gasteiger partial charge < -0.3 is 13.1 Å². The van der Waals surface area contributed by atoms with E-state index < -0.39 is 11.9 Å². The zero-order valence-electron chi connectivity index (χ0n) is 30.5. The molecule has 0 aromatic rings. The molecule has 0 aromatic heterocycles. The van der Waals surface area contributed by atoms with Crippen LogP contribution in [0, 0.1) is 0 Å². The third-order valence-corrected chi connectivity index (χ3v) is 7.99. The Morgan fingerprint density at radius 3 is 0.643 bits per heavy atom. The predicted molar refractivity (Wildman–Crippen MR) is 198 cm³/mol. The second kappa shape index (κ2) is 46.3. The monoisotopic (exact) mass is 738 g/mol. The standard InChI is InChI=1S/2C18H36O2.Ca.HI.2H/c2*1-2-3-4-5-6-7-8-9-10-11-12-13-14-15-16-17-18(19)20;;;;/h2*2-17H2,1H3,(H,19,20);;1H;;/q;;+2;;2*-1. The van der Waals surface area contributed by atoms with E-state index in [9.17, 15) is 9.59 Å². The van der Waals surface area contributed by atoms with Gasteiger partial charge in [-0.15, -0.1) is 24.0 Å². The predicted octanol–water partition coefficient (Wildman–Crippen LogP) is 13.1. The van der Waals surface area contributed by atoms with E-state index >= 15 is 0 Å². The Bertz CT molecular complexity index is 473. The molecule has 0 saturated carbocycles. The fourth-order valence-electron chi connectivity index (χ4n) is 5.30. The van der Waals surface area contributed by atoms with Gasteiger partial charge in [-0.3, -0.25) is 9.59 Å². The summed E-state index contributed by atoms with van der Waals surface area (Å²) in [5.41, 5.74) is 0. The first kappa shape index (κ1) is 49.8. The first-order valence-electron chi connectivity index (χ1n) is 18.0. The van der Waals surface area contributed by atoms with Gasteiger partial charge in [0.1, 0.15) is 0 Å². The molecule has 0 rings (SSSR count). The minimum Gasteiger partial charge on any atom is -1.00 e. The number of rotatable bonds is 32. The van der Waals surface area contributed by atoms with Gasteiger partial charge in [-0.25, -0.2) is 0 Å². The van der Waals surface area contributed by atoms with Crippen molar-refractivity contribution in [3.05, 3.63) is 0 Å². The van der Waals surface area contributed by atoms with Crippen LogP contribution in [0.3, 0.4) is 0 Å². The van der Waals surface area contributed by atoms with E-state index in [4.69, 9.17) is 10.2 Å². The topological polar surface area (TPSA) is 74.6 Å². The summed E-state index contributed by atoms with van der Waals surface area (Å²) in [5.74, 6) is -1.31. The minimum absolute atomic E-state index is 0. The molecule has 0 spiro atoms. The van der Waals surface area contributed by atoms with Crippen LogP contribution in [0.5, 0.6) is 0 Å². The van der Waals surface area contributed by atoms with Crippen molar-refractivity contribution in [3.63, 3.8) is 0 Å². The summed E-state index contributed by atoms with van der Waals surface area (Å²) in [6, 6.07) is 0. The van der Waals surface area contributed by atoms with Gasteiger partial charge in [0.15, 0.2) is 0 Å². The van der Waals surface area contributed by atoms with E-state index in [-0.39, 0.29) is 64.6 Å². The van der Waals surface area contributed by atoms with Crippen molar-refractivity contribution >= 4 is 73.7 Å². The third-order valence-electron chi connectivity index (χ3n) is 7.99. The van der Waals surface area contributed by atoms with Crippen molar-refractivity contribution in [2.45, 2.75) is 219 Å². The first-order chi connectivity index (χ1) is 19.5. The smallest absolute Gasteiger partial charge is 1.00 e. The van der Waals surface area contributed by atoms with E-state index in [0.29, 0.717) is 12.8 Å². The van der Waals surface area contributed by atoms with Crippen LogP contribution in [-0.2, 0) is 9.59 Å². The van der Waals surface area contributed by atoms with Crippen molar-refractivity contribution in [1.82, 2.24) is 0 Å². The van der Waals surface area contributed by atoms with Crippen LogP contribution in [0.1, 0.15) is 222 Å². The van der Waals surface area contributed by atoms with Crippen LogP contribution in [0.2, 0.25) is 0 Å². The largest absolute Gasteiger partial charge is 2.00 e. The molecule has 252 valence electrons. The maximum absolute atomic E-state index is 10.3. The summed E-state index contributed by atoms with van der Waals surface area (Å²) in [4.78, 5) is 20.7. The molecule has 0 bridgehead atoms. The molecule has 0 heterocycles. The summed E-state index contributed by atoms with van der Waals surface area (Å²) in [5, 5.41) is 17.0. The van der Waals surface area contributed by atoms with E-state index in [1.807, 2.05) is 0 Å². The molecule has 0 aliphatic heterocycles. The number of carbonyl (C=O) groups is 2. The average Bonchev–Trinajstić information content (AvgIpc) is 2.93. The summed E-state index contributed by atoms with van der Waals surface area (Å²) in [7, 11) is 0. The summed E-state index contributed by atoms with van der Waals surface area (Å²) in [6.07, 6.45) is 40.4. The van der Waals surface area contributed by atoms with Crippen LogP contribution >= 0.6 is 24.0 Å². The van der Waals surface area contributed by atoms with Crippen molar-refractivity contribution in [3.8, 4) is 0 Å². The SMILES string of the molecule is CCCCCCCCCCCCCCCCCC(=O)O.CCCCCCCCCCCCCCCCCC(=O)O.I.[Ca+2].[H-].[H-]. The molecular formula is C36H75CaIO4. The van der Waals surface area contributed by atoms with Crippen molar-refractivity contribution in [2.75, 3.05) is 0 Å². The molecule has 0 atom stereocenters. The molecule has 2 N–H and O–H groups in total.